The van der Waals surface area contributed by atoms with Crippen molar-refractivity contribution in [1.29, 1.82) is 0 Å². The number of nitrogens with one attached hydrogen (secondary N) is 1. The van der Waals surface area contributed by atoms with E-state index in [-0.39, 0.29) is 5.91 Å². The molecule has 0 saturated carbocycles. The van der Waals surface area contributed by atoms with Crippen LogP contribution in [0, 0.1) is 12.5 Å². The van der Waals surface area contributed by atoms with Crippen LogP contribution in [0.25, 0.3) is 4.85 Å². The first-order valence-electron chi connectivity index (χ1n) is 4.07. The molecule has 12 heavy (non-hydrogen) atoms. The fourth-order valence-electron chi connectivity index (χ4n) is 0.791. The second-order valence-electron chi connectivity index (χ2n) is 3.82. The van der Waals surface area contributed by atoms with Gasteiger partial charge in [-0.15, -0.1) is 0 Å². The molecule has 0 radical (unpaired) electrons. The predicted molar refractivity (Wildman–Crippen MR) is 48.3 cm³/mol. The second kappa shape index (κ2) is 4.10. The Balaban J connectivity index is 3.95. The van der Waals surface area contributed by atoms with Crippen LogP contribution in [0.1, 0.15) is 34.1 Å². The fourth-order valence-corrected chi connectivity index (χ4v) is 0.791. The van der Waals surface area contributed by atoms with Gasteiger partial charge in [-0.2, -0.15) is 0 Å². The Morgan fingerprint density at radius 1 is 1.58 bits per heavy atom. The van der Waals surface area contributed by atoms with Crippen molar-refractivity contribution in [1.82, 2.24) is 5.32 Å². The standard InChI is InChI=1S/C9H16N2O/c1-7(2)6-8(12)11-9(3,4)10-5/h7H,6H2,1-4H3,(H,11,12). The molecule has 0 aliphatic heterocycles. The van der Waals surface area contributed by atoms with Crippen molar-refractivity contribution in [3.8, 4) is 0 Å². The van der Waals surface area contributed by atoms with Crippen LogP contribution >= 0.6 is 0 Å². The van der Waals surface area contributed by atoms with Gasteiger partial charge in [-0.3, -0.25) is 15.0 Å². The molecule has 0 aliphatic carbocycles. The topological polar surface area (TPSA) is 33.5 Å². The van der Waals surface area contributed by atoms with Gasteiger partial charge in [-0.25, -0.2) is 6.57 Å². The average Bonchev–Trinajstić information content (AvgIpc) is 1.84. The minimum Gasteiger partial charge on any atom is -0.288 e. The van der Waals surface area contributed by atoms with Crippen molar-refractivity contribution < 1.29 is 4.79 Å². The zero-order chi connectivity index (χ0) is 9.78. The third kappa shape index (κ3) is 4.73. The molecule has 0 heterocycles. The molecule has 0 aromatic carbocycles. The Morgan fingerprint density at radius 3 is 2.42 bits per heavy atom. The van der Waals surface area contributed by atoms with Crippen LogP contribution in [0.5, 0.6) is 0 Å². The van der Waals surface area contributed by atoms with Gasteiger partial charge in [0.05, 0.1) is 0 Å². The maximum absolute atomic E-state index is 11.2. The van der Waals surface area contributed by atoms with Gasteiger partial charge in [-0.05, 0) is 5.92 Å². The lowest BCUT2D eigenvalue weighted by molar-refractivity contribution is -0.122. The van der Waals surface area contributed by atoms with Crippen molar-refractivity contribution in [2.75, 3.05) is 0 Å². The second-order valence-corrected chi connectivity index (χ2v) is 3.82. The lowest BCUT2D eigenvalue weighted by Crippen LogP contribution is -2.40. The van der Waals surface area contributed by atoms with E-state index in [0.29, 0.717) is 12.3 Å². The number of amides is 1. The Labute approximate surface area is 74.0 Å². The van der Waals surface area contributed by atoms with E-state index in [1.54, 1.807) is 13.8 Å². The Morgan fingerprint density at radius 2 is 2.08 bits per heavy atom. The molecule has 3 heteroatoms. The summed E-state index contributed by atoms with van der Waals surface area (Å²) in [5.41, 5.74) is -0.758. The summed E-state index contributed by atoms with van der Waals surface area (Å²) in [5.74, 6) is 0.289. The van der Waals surface area contributed by atoms with Crippen molar-refractivity contribution in [3.63, 3.8) is 0 Å². The molecular formula is C9H16N2O. The van der Waals surface area contributed by atoms with E-state index in [2.05, 4.69) is 10.2 Å². The van der Waals surface area contributed by atoms with Crippen LogP contribution in [0.4, 0.5) is 0 Å². The van der Waals surface area contributed by atoms with Gasteiger partial charge in [0, 0.05) is 20.3 Å². The molecule has 0 atom stereocenters. The number of hydrogen-bond donors (Lipinski definition) is 1. The van der Waals surface area contributed by atoms with Crippen LogP contribution in [-0.4, -0.2) is 11.6 Å². The molecule has 0 saturated heterocycles. The number of hydrogen-bond acceptors (Lipinski definition) is 1. The quantitative estimate of drug-likeness (QED) is 0.640. The van der Waals surface area contributed by atoms with E-state index in [4.69, 9.17) is 6.57 Å². The molecule has 0 bridgehead atoms. The number of carbonyl (C=O) groups is 1. The van der Waals surface area contributed by atoms with Gasteiger partial charge in [-0.1, -0.05) is 13.8 Å². The molecule has 0 fully saturated rings. The Kier molecular flexibility index (Phi) is 3.75. The molecule has 0 aliphatic rings. The molecule has 3 nitrogen and oxygen atoms in total. The van der Waals surface area contributed by atoms with E-state index in [1.807, 2.05) is 13.8 Å². The van der Waals surface area contributed by atoms with Gasteiger partial charge in [0.2, 0.25) is 5.91 Å². The van der Waals surface area contributed by atoms with E-state index in [1.165, 1.54) is 0 Å². The van der Waals surface area contributed by atoms with E-state index >= 15 is 0 Å². The molecular weight excluding hydrogens is 152 g/mol. The number of carbonyl (C=O) groups excluding carboxylic acids is 1. The summed E-state index contributed by atoms with van der Waals surface area (Å²) in [7, 11) is 0. The van der Waals surface area contributed by atoms with Crippen LogP contribution < -0.4 is 5.32 Å². The van der Waals surface area contributed by atoms with Gasteiger partial charge in [0.25, 0.3) is 0 Å². The normalized spacial score (nSPS) is 11.0. The maximum Gasteiger partial charge on any atom is 0.301 e. The van der Waals surface area contributed by atoms with E-state index in [9.17, 15) is 4.79 Å². The summed E-state index contributed by atoms with van der Waals surface area (Å²) in [6.07, 6.45) is 0.485. The number of rotatable bonds is 3. The smallest absolute Gasteiger partial charge is 0.288 e. The highest BCUT2D eigenvalue weighted by Gasteiger charge is 2.24. The van der Waals surface area contributed by atoms with Gasteiger partial charge >= 0.3 is 5.66 Å². The Hall–Kier alpha value is -1.04. The van der Waals surface area contributed by atoms with Gasteiger partial charge < -0.3 is 0 Å². The highest BCUT2D eigenvalue weighted by atomic mass is 16.1. The van der Waals surface area contributed by atoms with Crippen molar-refractivity contribution in [2.45, 2.75) is 39.8 Å². The van der Waals surface area contributed by atoms with Gasteiger partial charge in [0.1, 0.15) is 0 Å². The minimum absolute atomic E-state index is 0.0500. The summed E-state index contributed by atoms with van der Waals surface area (Å²) < 4.78 is 0. The van der Waals surface area contributed by atoms with Crippen LogP contribution in [0.15, 0.2) is 0 Å². The highest BCUT2D eigenvalue weighted by Crippen LogP contribution is 2.05. The monoisotopic (exact) mass is 168 g/mol. The van der Waals surface area contributed by atoms with Crippen molar-refractivity contribution in [3.05, 3.63) is 11.4 Å². The maximum atomic E-state index is 11.2. The Bertz CT molecular complexity index is 201. The summed E-state index contributed by atoms with van der Waals surface area (Å²) >= 11 is 0. The highest BCUT2D eigenvalue weighted by molar-refractivity contribution is 5.77. The van der Waals surface area contributed by atoms with Crippen LogP contribution in [0.3, 0.4) is 0 Å². The average molecular weight is 168 g/mol. The molecule has 1 amide bonds. The molecule has 0 unspecified atom stereocenters. The molecule has 0 rings (SSSR count). The predicted octanol–water partition coefficient (Wildman–Crippen LogP) is 1.80. The molecule has 0 aromatic rings. The lowest BCUT2D eigenvalue weighted by Gasteiger charge is -2.13. The summed E-state index contributed by atoms with van der Waals surface area (Å²) in [6, 6.07) is 0. The first-order valence-corrected chi connectivity index (χ1v) is 4.07. The minimum atomic E-state index is -0.758. The van der Waals surface area contributed by atoms with Gasteiger partial charge in [0.15, 0.2) is 0 Å². The number of nitrogens with zero attached hydrogens (tertiary/aromatic N) is 1. The van der Waals surface area contributed by atoms with Crippen LogP contribution in [0.2, 0.25) is 0 Å². The van der Waals surface area contributed by atoms with E-state index in [0.717, 1.165) is 0 Å². The third-order valence-electron chi connectivity index (χ3n) is 1.32. The first-order chi connectivity index (χ1) is 5.37. The first kappa shape index (κ1) is 11.0. The molecule has 68 valence electrons. The van der Waals surface area contributed by atoms with Crippen molar-refractivity contribution in [2.24, 2.45) is 5.92 Å². The largest absolute Gasteiger partial charge is 0.301 e. The zero-order valence-corrected chi connectivity index (χ0v) is 8.14. The third-order valence-corrected chi connectivity index (χ3v) is 1.32. The zero-order valence-electron chi connectivity index (χ0n) is 8.14. The lowest BCUT2D eigenvalue weighted by atomic mass is 10.1. The molecule has 0 aromatic heterocycles. The fraction of sp³-hybridized carbons (Fsp3) is 0.778. The SMILES string of the molecule is [C-]#[N+]C(C)(C)NC(=O)CC(C)C. The summed E-state index contributed by atoms with van der Waals surface area (Å²) in [4.78, 5) is 14.5. The molecule has 1 N–H and O–H groups in total. The van der Waals surface area contributed by atoms with Crippen molar-refractivity contribution >= 4 is 5.91 Å². The summed E-state index contributed by atoms with van der Waals surface area (Å²) in [5, 5.41) is 2.64. The molecule has 0 spiro atoms. The van der Waals surface area contributed by atoms with Crippen LogP contribution in [-0.2, 0) is 4.79 Å². The summed E-state index contributed by atoms with van der Waals surface area (Å²) in [6.45, 7) is 14.1. The van der Waals surface area contributed by atoms with E-state index < -0.39 is 5.66 Å².